The van der Waals surface area contributed by atoms with E-state index < -0.39 is 11.8 Å². The first-order chi connectivity index (χ1) is 10.9. The summed E-state index contributed by atoms with van der Waals surface area (Å²) in [7, 11) is 0. The lowest BCUT2D eigenvalue weighted by Gasteiger charge is -2.31. The third-order valence-corrected chi connectivity index (χ3v) is 4.24. The molecule has 1 saturated heterocycles. The Bertz CT molecular complexity index is 607. The number of hydrogen-bond acceptors (Lipinski definition) is 3. The summed E-state index contributed by atoms with van der Waals surface area (Å²) in [6.45, 7) is 4.99. The number of nitrogens with zero attached hydrogens (tertiary/aromatic N) is 2. The van der Waals surface area contributed by atoms with E-state index in [1.807, 2.05) is 38.1 Å². The van der Waals surface area contributed by atoms with Crippen LogP contribution in [0.25, 0.3) is 0 Å². The molecule has 0 radical (unpaired) electrons. The molecule has 1 aliphatic heterocycles. The van der Waals surface area contributed by atoms with E-state index in [-0.39, 0.29) is 11.8 Å². The standard InChI is InChI=1S/C17H23N3O3/c1-3-20(14-6-4-5-12(2)11-14)17(23)16(22)19-9-7-13(8-10-19)15(18)21/h4-6,11,13H,3,7-10H2,1-2H3,(H2,18,21). The van der Waals surface area contributed by atoms with Gasteiger partial charge in [0.25, 0.3) is 0 Å². The van der Waals surface area contributed by atoms with Crippen LogP contribution in [0, 0.1) is 12.8 Å². The monoisotopic (exact) mass is 317 g/mol. The Morgan fingerprint density at radius 1 is 1.26 bits per heavy atom. The van der Waals surface area contributed by atoms with Gasteiger partial charge in [0.15, 0.2) is 0 Å². The topological polar surface area (TPSA) is 83.7 Å². The van der Waals surface area contributed by atoms with Crippen LogP contribution in [-0.2, 0) is 14.4 Å². The number of rotatable bonds is 3. The lowest BCUT2D eigenvalue weighted by molar-refractivity contribution is -0.145. The number of piperidine rings is 1. The molecule has 0 spiro atoms. The Morgan fingerprint density at radius 2 is 1.91 bits per heavy atom. The number of carbonyl (C=O) groups excluding carboxylic acids is 3. The Labute approximate surface area is 136 Å². The average Bonchev–Trinajstić information content (AvgIpc) is 2.55. The lowest BCUT2D eigenvalue weighted by atomic mass is 9.96. The van der Waals surface area contributed by atoms with Gasteiger partial charge in [0.05, 0.1) is 0 Å². The molecule has 23 heavy (non-hydrogen) atoms. The number of amides is 3. The largest absolute Gasteiger partial charge is 0.369 e. The summed E-state index contributed by atoms with van der Waals surface area (Å²) in [5, 5.41) is 0. The van der Waals surface area contributed by atoms with E-state index in [9.17, 15) is 14.4 Å². The molecule has 3 amide bonds. The molecule has 1 aromatic carbocycles. The fourth-order valence-electron chi connectivity index (χ4n) is 2.86. The molecule has 0 bridgehead atoms. The van der Waals surface area contributed by atoms with Gasteiger partial charge in [-0.05, 0) is 44.4 Å². The van der Waals surface area contributed by atoms with Gasteiger partial charge < -0.3 is 15.5 Å². The Morgan fingerprint density at radius 3 is 2.43 bits per heavy atom. The van der Waals surface area contributed by atoms with E-state index >= 15 is 0 Å². The predicted molar refractivity (Wildman–Crippen MR) is 87.7 cm³/mol. The molecule has 1 heterocycles. The number of carbonyl (C=O) groups is 3. The highest BCUT2D eigenvalue weighted by molar-refractivity contribution is 6.40. The van der Waals surface area contributed by atoms with Crippen molar-refractivity contribution in [2.24, 2.45) is 11.7 Å². The van der Waals surface area contributed by atoms with Gasteiger partial charge in [-0.25, -0.2) is 0 Å². The summed E-state index contributed by atoms with van der Waals surface area (Å²) in [5.74, 6) is -1.58. The Kier molecular flexibility index (Phi) is 5.36. The van der Waals surface area contributed by atoms with Gasteiger partial charge >= 0.3 is 11.8 Å². The van der Waals surface area contributed by atoms with Crippen LogP contribution in [0.2, 0.25) is 0 Å². The number of benzene rings is 1. The quantitative estimate of drug-likeness (QED) is 0.847. The average molecular weight is 317 g/mol. The fraction of sp³-hybridized carbons (Fsp3) is 0.471. The van der Waals surface area contributed by atoms with Gasteiger partial charge in [-0.3, -0.25) is 14.4 Å². The molecule has 2 rings (SSSR count). The maximum absolute atomic E-state index is 12.5. The number of aryl methyl sites for hydroxylation is 1. The van der Waals surface area contributed by atoms with Crippen LogP contribution < -0.4 is 10.6 Å². The molecular formula is C17H23N3O3. The van der Waals surface area contributed by atoms with Crippen LogP contribution in [0.3, 0.4) is 0 Å². The highest BCUT2D eigenvalue weighted by atomic mass is 16.2. The SMILES string of the molecule is CCN(C(=O)C(=O)N1CCC(C(N)=O)CC1)c1cccc(C)c1. The molecule has 6 heteroatoms. The maximum atomic E-state index is 12.5. The molecule has 1 aliphatic rings. The van der Waals surface area contributed by atoms with E-state index in [0.29, 0.717) is 32.5 Å². The van der Waals surface area contributed by atoms with Crippen molar-refractivity contribution in [2.45, 2.75) is 26.7 Å². The second-order valence-electron chi connectivity index (χ2n) is 5.86. The molecule has 0 aromatic heterocycles. The van der Waals surface area contributed by atoms with Crippen LogP contribution in [0.1, 0.15) is 25.3 Å². The van der Waals surface area contributed by atoms with Gasteiger partial charge in [0, 0.05) is 31.2 Å². The summed E-state index contributed by atoms with van der Waals surface area (Å²) >= 11 is 0. The molecule has 0 aliphatic carbocycles. The number of likely N-dealkylation sites (tertiary alicyclic amines) is 1. The van der Waals surface area contributed by atoms with Crippen molar-refractivity contribution in [1.29, 1.82) is 0 Å². The van der Waals surface area contributed by atoms with Gasteiger partial charge in [-0.1, -0.05) is 12.1 Å². The Hall–Kier alpha value is -2.37. The molecule has 124 valence electrons. The molecule has 0 saturated carbocycles. The molecule has 2 N–H and O–H groups in total. The van der Waals surface area contributed by atoms with Crippen molar-refractivity contribution in [2.75, 3.05) is 24.5 Å². The highest BCUT2D eigenvalue weighted by Gasteiger charge is 2.31. The zero-order chi connectivity index (χ0) is 17.0. The molecule has 6 nitrogen and oxygen atoms in total. The van der Waals surface area contributed by atoms with Crippen LogP contribution in [0.15, 0.2) is 24.3 Å². The van der Waals surface area contributed by atoms with Gasteiger partial charge in [-0.15, -0.1) is 0 Å². The van der Waals surface area contributed by atoms with Crippen molar-refractivity contribution in [3.05, 3.63) is 29.8 Å². The first-order valence-corrected chi connectivity index (χ1v) is 7.90. The number of hydrogen-bond donors (Lipinski definition) is 1. The highest BCUT2D eigenvalue weighted by Crippen LogP contribution is 2.19. The summed E-state index contributed by atoms with van der Waals surface area (Å²) in [6.07, 6.45) is 1.04. The van der Waals surface area contributed by atoms with Crippen LogP contribution in [-0.4, -0.2) is 42.3 Å². The summed E-state index contributed by atoms with van der Waals surface area (Å²) in [6, 6.07) is 7.51. The van der Waals surface area contributed by atoms with E-state index in [0.717, 1.165) is 11.3 Å². The smallest absolute Gasteiger partial charge is 0.316 e. The molecule has 1 aromatic rings. The molecule has 0 unspecified atom stereocenters. The third kappa shape index (κ3) is 3.88. The van der Waals surface area contributed by atoms with Gasteiger partial charge in [0.1, 0.15) is 0 Å². The number of anilines is 1. The van der Waals surface area contributed by atoms with Crippen molar-refractivity contribution in [1.82, 2.24) is 4.90 Å². The van der Waals surface area contributed by atoms with Crippen LogP contribution in [0.4, 0.5) is 5.69 Å². The Balaban J connectivity index is 2.06. The summed E-state index contributed by atoms with van der Waals surface area (Å²) < 4.78 is 0. The number of likely N-dealkylation sites (N-methyl/N-ethyl adjacent to an activating group) is 1. The van der Waals surface area contributed by atoms with Crippen molar-refractivity contribution < 1.29 is 14.4 Å². The predicted octanol–water partition coefficient (Wildman–Crippen LogP) is 1.07. The summed E-state index contributed by atoms with van der Waals surface area (Å²) in [5.41, 5.74) is 7.04. The first kappa shape index (κ1) is 17.0. The van der Waals surface area contributed by atoms with Crippen molar-refractivity contribution in [3.63, 3.8) is 0 Å². The molecule has 1 fully saturated rings. The third-order valence-electron chi connectivity index (χ3n) is 4.24. The second kappa shape index (κ2) is 7.26. The zero-order valence-corrected chi connectivity index (χ0v) is 13.6. The molecular weight excluding hydrogens is 294 g/mol. The normalized spacial score (nSPS) is 15.3. The van der Waals surface area contributed by atoms with Gasteiger partial charge in [0.2, 0.25) is 5.91 Å². The number of nitrogens with two attached hydrogens (primary N) is 1. The molecule has 0 atom stereocenters. The number of primary amides is 1. The van der Waals surface area contributed by atoms with E-state index in [2.05, 4.69) is 0 Å². The van der Waals surface area contributed by atoms with Crippen molar-refractivity contribution in [3.8, 4) is 0 Å². The van der Waals surface area contributed by atoms with E-state index in [1.54, 1.807) is 0 Å². The van der Waals surface area contributed by atoms with E-state index in [4.69, 9.17) is 5.73 Å². The summed E-state index contributed by atoms with van der Waals surface area (Å²) in [4.78, 5) is 39.2. The van der Waals surface area contributed by atoms with Crippen LogP contribution in [0.5, 0.6) is 0 Å². The zero-order valence-electron chi connectivity index (χ0n) is 13.6. The van der Waals surface area contributed by atoms with Crippen molar-refractivity contribution >= 4 is 23.4 Å². The van der Waals surface area contributed by atoms with E-state index in [1.165, 1.54) is 9.80 Å². The van der Waals surface area contributed by atoms with Crippen LogP contribution >= 0.6 is 0 Å². The van der Waals surface area contributed by atoms with Gasteiger partial charge in [-0.2, -0.15) is 0 Å². The minimum atomic E-state index is -0.532. The minimum absolute atomic E-state index is 0.201. The second-order valence-corrected chi connectivity index (χ2v) is 5.86. The fourth-order valence-corrected chi connectivity index (χ4v) is 2.86. The first-order valence-electron chi connectivity index (χ1n) is 7.90. The lowest BCUT2D eigenvalue weighted by Crippen LogP contribution is -2.49. The maximum Gasteiger partial charge on any atom is 0.316 e. The minimum Gasteiger partial charge on any atom is -0.369 e.